The summed E-state index contributed by atoms with van der Waals surface area (Å²) in [5.41, 5.74) is 6.98. The summed E-state index contributed by atoms with van der Waals surface area (Å²) in [5.74, 6) is -0.0108. The average molecular weight is 271 g/mol. The molecule has 3 aromatic heterocycles. The zero-order valence-electron chi connectivity index (χ0n) is 10.6. The van der Waals surface area contributed by atoms with Crippen LogP contribution < -0.4 is 5.73 Å². The van der Waals surface area contributed by atoms with Crippen molar-refractivity contribution in [3.8, 4) is 0 Å². The Morgan fingerprint density at radius 3 is 2.95 bits per heavy atom. The maximum absolute atomic E-state index is 11.7. The minimum atomic E-state index is -0.384. The highest BCUT2D eigenvalue weighted by Crippen LogP contribution is 2.06. The molecule has 0 aliphatic rings. The third-order valence-corrected chi connectivity index (χ3v) is 2.75. The molecule has 0 atom stereocenters. The van der Waals surface area contributed by atoms with Crippen LogP contribution in [-0.2, 0) is 22.7 Å². The highest BCUT2D eigenvalue weighted by atomic mass is 16.5. The van der Waals surface area contributed by atoms with Crippen LogP contribution in [0.2, 0.25) is 0 Å². The Morgan fingerprint density at radius 1 is 1.30 bits per heavy atom. The van der Waals surface area contributed by atoms with E-state index in [4.69, 9.17) is 10.5 Å². The molecule has 7 heteroatoms. The number of anilines is 1. The number of esters is 1. The molecule has 0 amide bonds. The second kappa shape index (κ2) is 5.04. The first-order valence-electron chi connectivity index (χ1n) is 6.08. The van der Waals surface area contributed by atoms with Crippen molar-refractivity contribution >= 4 is 17.4 Å². The number of nitrogen functional groups attached to an aromatic ring is 1. The Labute approximate surface area is 114 Å². The fourth-order valence-corrected chi connectivity index (χ4v) is 1.85. The number of pyridine rings is 1. The van der Waals surface area contributed by atoms with E-state index in [1.165, 1.54) is 4.68 Å². The molecule has 20 heavy (non-hydrogen) atoms. The van der Waals surface area contributed by atoms with E-state index >= 15 is 0 Å². The van der Waals surface area contributed by atoms with E-state index in [-0.39, 0.29) is 19.1 Å². The Balaban J connectivity index is 1.59. The number of imidazole rings is 1. The molecular weight excluding hydrogens is 258 g/mol. The van der Waals surface area contributed by atoms with Gasteiger partial charge < -0.3 is 14.9 Å². The molecule has 7 nitrogen and oxygen atoms in total. The predicted octanol–water partition coefficient (Wildman–Crippen LogP) is 0.856. The summed E-state index contributed by atoms with van der Waals surface area (Å²) in [4.78, 5) is 16.0. The lowest BCUT2D eigenvalue weighted by Gasteiger charge is -2.02. The van der Waals surface area contributed by atoms with E-state index < -0.39 is 0 Å². The summed E-state index contributed by atoms with van der Waals surface area (Å²) in [6.07, 6.45) is 5.34. The highest BCUT2D eigenvalue weighted by Gasteiger charge is 2.07. The molecule has 3 aromatic rings. The molecule has 0 fully saturated rings. The lowest BCUT2D eigenvalue weighted by Crippen LogP contribution is -2.14. The standard InChI is InChI=1S/C13H13N5O2/c14-11-4-6-18(16-11)8-13(19)20-9-10-7-17-5-2-1-3-12(17)15-10/h1-7H,8-9H2,(H2,14,16). The molecule has 3 heterocycles. The molecule has 0 aromatic carbocycles. The summed E-state index contributed by atoms with van der Waals surface area (Å²) in [5, 5.41) is 3.91. The maximum Gasteiger partial charge on any atom is 0.328 e. The van der Waals surface area contributed by atoms with Crippen LogP contribution in [0.1, 0.15) is 5.69 Å². The topological polar surface area (TPSA) is 87.4 Å². The van der Waals surface area contributed by atoms with Gasteiger partial charge in [-0.1, -0.05) is 6.07 Å². The minimum Gasteiger partial charge on any atom is -0.458 e. The second-order valence-electron chi connectivity index (χ2n) is 4.30. The smallest absolute Gasteiger partial charge is 0.328 e. The van der Waals surface area contributed by atoms with Crippen molar-refractivity contribution in [2.45, 2.75) is 13.2 Å². The molecule has 0 bridgehead atoms. The molecule has 0 radical (unpaired) electrons. The van der Waals surface area contributed by atoms with Gasteiger partial charge in [-0.25, -0.2) is 4.98 Å². The number of fused-ring (bicyclic) bond motifs is 1. The first-order chi connectivity index (χ1) is 9.70. The monoisotopic (exact) mass is 271 g/mol. The number of hydrogen-bond donors (Lipinski definition) is 1. The van der Waals surface area contributed by atoms with Gasteiger partial charge in [-0.05, 0) is 18.2 Å². The maximum atomic E-state index is 11.7. The molecule has 0 saturated carbocycles. The molecule has 0 aliphatic carbocycles. The van der Waals surface area contributed by atoms with Crippen molar-refractivity contribution in [1.82, 2.24) is 19.2 Å². The van der Waals surface area contributed by atoms with Crippen molar-refractivity contribution in [1.29, 1.82) is 0 Å². The zero-order chi connectivity index (χ0) is 13.9. The van der Waals surface area contributed by atoms with Gasteiger partial charge in [-0.15, -0.1) is 0 Å². The van der Waals surface area contributed by atoms with Crippen molar-refractivity contribution in [3.05, 3.63) is 48.5 Å². The van der Waals surface area contributed by atoms with Crippen LogP contribution in [0.25, 0.3) is 5.65 Å². The predicted molar refractivity (Wildman–Crippen MR) is 71.6 cm³/mol. The first-order valence-corrected chi connectivity index (χ1v) is 6.08. The van der Waals surface area contributed by atoms with E-state index in [0.717, 1.165) is 5.65 Å². The normalized spacial score (nSPS) is 10.8. The molecule has 2 N–H and O–H groups in total. The van der Waals surface area contributed by atoms with Gasteiger partial charge >= 0.3 is 5.97 Å². The van der Waals surface area contributed by atoms with Crippen LogP contribution in [0.15, 0.2) is 42.9 Å². The van der Waals surface area contributed by atoms with Crippen LogP contribution in [0, 0.1) is 0 Å². The highest BCUT2D eigenvalue weighted by molar-refractivity contribution is 5.69. The number of hydrogen-bond acceptors (Lipinski definition) is 5. The average Bonchev–Trinajstić information content (AvgIpc) is 3.02. The van der Waals surface area contributed by atoms with Gasteiger partial charge in [0.2, 0.25) is 0 Å². The van der Waals surface area contributed by atoms with E-state index in [1.54, 1.807) is 12.3 Å². The van der Waals surface area contributed by atoms with Crippen LogP contribution in [0.4, 0.5) is 5.82 Å². The summed E-state index contributed by atoms with van der Waals surface area (Å²) < 4.78 is 8.46. The largest absolute Gasteiger partial charge is 0.458 e. The molecule has 0 aliphatic heterocycles. The fraction of sp³-hybridized carbons (Fsp3) is 0.154. The van der Waals surface area contributed by atoms with Gasteiger partial charge in [0.1, 0.15) is 24.6 Å². The van der Waals surface area contributed by atoms with Gasteiger partial charge in [0, 0.05) is 18.6 Å². The number of nitrogens with zero attached hydrogens (tertiary/aromatic N) is 4. The third kappa shape index (κ3) is 2.61. The number of carbonyl (C=O) groups is 1. The van der Waals surface area contributed by atoms with E-state index in [2.05, 4.69) is 10.1 Å². The van der Waals surface area contributed by atoms with Gasteiger partial charge in [0.15, 0.2) is 0 Å². The second-order valence-corrected chi connectivity index (χ2v) is 4.30. The molecule has 3 rings (SSSR count). The van der Waals surface area contributed by atoms with Crippen LogP contribution in [0.3, 0.4) is 0 Å². The van der Waals surface area contributed by atoms with Gasteiger partial charge in [-0.2, -0.15) is 5.10 Å². The quantitative estimate of drug-likeness (QED) is 0.711. The Morgan fingerprint density at radius 2 is 2.20 bits per heavy atom. The Hall–Kier alpha value is -2.83. The lowest BCUT2D eigenvalue weighted by atomic mass is 10.5. The number of rotatable bonds is 4. The van der Waals surface area contributed by atoms with Gasteiger partial charge in [0.05, 0.1) is 5.69 Å². The molecule has 0 spiro atoms. The van der Waals surface area contributed by atoms with Crippen molar-refractivity contribution in [2.24, 2.45) is 0 Å². The molecule has 0 saturated heterocycles. The number of nitrogens with two attached hydrogens (primary N) is 1. The fourth-order valence-electron chi connectivity index (χ4n) is 1.85. The van der Waals surface area contributed by atoms with Crippen molar-refractivity contribution in [2.75, 3.05) is 5.73 Å². The number of ether oxygens (including phenoxy) is 1. The number of aromatic nitrogens is 4. The number of carbonyl (C=O) groups excluding carboxylic acids is 1. The lowest BCUT2D eigenvalue weighted by molar-refractivity contribution is -0.146. The Kier molecular flexibility index (Phi) is 3.08. The zero-order valence-corrected chi connectivity index (χ0v) is 10.6. The molecule has 102 valence electrons. The van der Waals surface area contributed by atoms with E-state index in [0.29, 0.717) is 11.5 Å². The van der Waals surface area contributed by atoms with Gasteiger partial charge in [-0.3, -0.25) is 9.48 Å². The van der Waals surface area contributed by atoms with Crippen LogP contribution in [0.5, 0.6) is 0 Å². The molecule has 0 unspecified atom stereocenters. The summed E-state index contributed by atoms with van der Waals surface area (Å²) >= 11 is 0. The van der Waals surface area contributed by atoms with Gasteiger partial charge in [0.25, 0.3) is 0 Å². The van der Waals surface area contributed by atoms with Crippen LogP contribution in [-0.4, -0.2) is 25.1 Å². The summed E-state index contributed by atoms with van der Waals surface area (Å²) in [6.45, 7) is 0.168. The summed E-state index contributed by atoms with van der Waals surface area (Å²) in [6, 6.07) is 7.32. The van der Waals surface area contributed by atoms with Crippen molar-refractivity contribution in [3.63, 3.8) is 0 Å². The first kappa shape index (κ1) is 12.2. The minimum absolute atomic E-state index is 0.0323. The summed E-state index contributed by atoms with van der Waals surface area (Å²) in [7, 11) is 0. The third-order valence-electron chi connectivity index (χ3n) is 2.75. The van der Waals surface area contributed by atoms with Crippen LogP contribution >= 0.6 is 0 Å². The van der Waals surface area contributed by atoms with E-state index in [9.17, 15) is 4.79 Å². The SMILES string of the molecule is Nc1ccn(CC(=O)OCc2cn3ccccc3n2)n1. The van der Waals surface area contributed by atoms with E-state index in [1.807, 2.05) is 35.0 Å². The molecular formula is C13H13N5O2. The van der Waals surface area contributed by atoms with Crippen molar-refractivity contribution < 1.29 is 9.53 Å². The Bertz CT molecular complexity index is 713.